The predicted octanol–water partition coefficient (Wildman–Crippen LogP) is 4.32. The van der Waals surface area contributed by atoms with Gasteiger partial charge in [-0.3, -0.25) is 4.79 Å². The van der Waals surface area contributed by atoms with Crippen molar-refractivity contribution in [2.75, 3.05) is 5.32 Å². The van der Waals surface area contributed by atoms with Crippen molar-refractivity contribution in [3.63, 3.8) is 0 Å². The molecule has 0 radical (unpaired) electrons. The maximum Gasteiger partial charge on any atom is 0.573 e. The number of anilines is 1. The zero-order valence-electron chi connectivity index (χ0n) is 11.6. The van der Waals surface area contributed by atoms with Gasteiger partial charge in [-0.25, -0.2) is 0 Å². The number of hydrogen-bond donors (Lipinski definition) is 2. The van der Waals surface area contributed by atoms with E-state index in [1.54, 1.807) is 18.3 Å². The van der Waals surface area contributed by atoms with Gasteiger partial charge in [-0.15, -0.1) is 13.2 Å². The second-order valence-electron chi connectivity index (χ2n) is 4.77. The van der Waals surface area contributed by atoms with Gasteiger partial charge in [0.25, 0.3) is 5.91 Å². The molecule has 4 nitrogen and oxygen atoms in total. The number of para-hydroxylation sites is 1. The predicted molar refractivity (Wildman–Crippen MR) is 79.4 cm³/mol. The third-order valence-electron chi connectivity index (χ3n) is 3.18. The number of rotatable bonds is 3. The molecule has 1 heterocycles. The van der Waals surface area contributed by atoms with Crippen LogP contribution in [0.5, 0.6) is 5.75 Å². The molecule has 0 aliphatic rings. The van der Waals surface area contributed by atoms with E-state index in [4.69, 9.17) is 0 Å². The molecule has 118 valence electrons. The minimum absolute atomic E-state index is 0.345. The van der Waals surface area contributed by atoms with Crippen LogP contribution in [0.2, 0.25) is 0 Å². The number of benzene rings is 2. The number of carbonyl (C=O) groups is 1. The summed E-state index contributed by atoms with van der Waals surface area (Å²) in [5.41, 5.74) is 1.51. The second-order valence-corrected chi connectivity index (χ2v) is 4.77. The Kier molecular flexibility index (Phi) is 3.69. The second kappa shape index (κ2) is 5.68. The number of amides is 1. The summed E-state index contributed by atoms with van der Waals surface area (Å²) in [4.78, 5) is 15.3. The van der Waals surface area contributed by atoms with Crippen molar-refractivity contribution in [2.24, 2.45) is 0 Å². The van der Waals surface area contributed by atoms with Gasteiger partial charge in [0.15, 0.2) is 0 Å². The molecule has 0 aliphatic heterocycles. The van der Waals surface area contributed by atoms with E-state index < -0.39 is 6.36 Å². The van der Waals surface area contributed by atoms with Crippen LogP contribution in [-0.2, 0) is 0 Å². The molecule has 3 rings (SSSR count). The highest BCUT2D eigenvalue weighted by molar-refractivity contribution is 6.11. The first-order valence-electron chi connectivity index (χ1n) is 6.66. The van der Waals surface area contributed by atoms with Crippen LogP contribution in [0.15, 0.2) is 54.7 Å². The Labute approximate surface area is 128 Å². The van der Waals surface area contributed by atoms with Crippen molar-refractivity contribution in [1.29, 1.82) is 0 Å². The molecule has 23 heavy (non-hydrogen) atoms. The van der Waals surface area contributed by atoms with Crippen molar-refractivity contribution in [3.8, 4) is 5.75 Å². The van der Waals surface area contributed by atoms with Crippen LogP contribution >= 0.6 is 0 Å². The van der Waals surface area contributed by atoms with Crippen LogP contribution < -0.4 is 10.1 Å². The number of hydrogen-bond acceptors (Lipinski definition) is 2. The number of alkyl halides is 3. The maximum atomic E-state index is 12.3. The maximum absolute atomic E-state index is 12.3. The lowest BCUT2D eigenvalue weighted by Crippen LogP contribution is -2.17. The molecule has 1 amide bonds. The number of nitrogens with one attached hydrogen (secondary N) is 2. The van der Waals surface area contributed by atoms with Gasteiger partial charge < -0.3 is 15.0 Å². The van der Waals surface area contributed by atoms with E-state index in [1.165, 1.54) is 12.1 Å². The summed E-state index contributed by atoms with van der Waals surface area (Å²) < 4.78 is 40.1. The molecule has 0 spiro atoms. The van der Waals surface area contributed by atoms with Crippen LogP contribution in [0.25, 0.3) is 10.9 Å². The SMILES string of the molecule is O=C(Nc1ccc(OC(F)(F)F)cc1)c1cccc2cc[nH]c12. The molecule has 2 aromatic carbocycles. The molecule has 2 N–H and O–H groups in total. The molecule has 0 unspecified atom stereocenters. The molecule has 7 heteroatoms. The van der Waals surface area contributed by atoms with Crippen molar-refractivity contribution in [2.45, 2.75) is 6.36 Å². The average Bonchev–Trinajstić information content (AvgIpc) is 2.96. The van der Waals surface area contributed by atoms with Gasteiger partial charge in [-0.2, -0.15) is 0 Å². The fraction of sp³-hybridized carbons (Fsp3) is 0.0625. The van der Waals surface area contributed by atoms with Crippen molar-refractivity contribution in [1.82, 2.24) is 4.98 Å². The van der Waals surface area contributed by atoms with E-state index in [2.05, 4.69) is 15.0 Å². The Hall–Kier alpha value is -2.96. The molecule has 3 aromatic rings. The Morgan fingerprint density at radius 2 is 1.78 bits per heavy atom. The molecular formula is C16H11F3N2O2. The quantitative estimate of drug-likeness (QED) is 0.755. The minimum Gasteiger partial charge on any atom is -0.406 e. The van der Waals surface area contributed by atoms with E-state index in [-0.39, 0.29) is 11.7 Å². The van der Waals surface area contributed by atoms with E-state index in [1.807, 2.05) is 12.1 Å². The summed E-state index contributed by atoms with van der Waals surface area (Å²) >= 11 is 0. The number of halogens is 3. The van der Waals surface area contributed by atoms with E-state index in [0.717, 1.165) is 17.5 Å². The van der Waals surface area contributed by atoms with Crippen molar-refractivity contribution in [3.05, 3.63) is 60.3 Å². The summed E-state index contributed by atoms with van der Waals surface area (Å²) in [7, 11) is 0. The monoisotopic (exact) mass is 320 g/mol. The summed E-state index contributed by atoms with van der Waals surface area (Å²) in [6.07, 6.45) is -3.02. The first-order chi connectivity index (χ1) is 10.9. The number of aromatic amines is 1. The Morgan fingerprint density at radius 1 is 1.04 bits per heavy atom. The first kappa shape index (κ1) is 15.0. The minimum atomic E-state index is -4.74. The first-order valence-corrected chi connectivity index (χ1v) is 6.66. The highest BCUT2D eigenvalue weighted by Gasteiger charge is 2.30. The third-order valence-corrected chi connectivity index (χ3v) is 3.18. The highest BCUT2D eigenvalue weighted by Crippen LogP contribution is 2.24. The van der Waals surface area contributed by atoms with Gasteiger partial charge in [-0.05, 0) is 36.4 Å². The Balaban J connectivity index is 1.77. The number of H-pyrrole nitrogens is 1. The van der Waals surface area contributed by atoms with E-state index >= 15 is 0 Å². The standard InChI is InChI=1S/C16H11F3N2O2/c17-16(18,19)23-12-6-4-11(5-7-12)21-15(22)13-3-1-2-10-8-9-20-14(10)13/h1-9,20H,(H,21,22). The van der Waals surface area contributed by atoms with Gasteiger partial charge in [-0.1, -0.05) is 12.1 Å². The molecule has 0 saturated heterocycles. The van der Waals surface area contributed by atoms with Crippen LogP contribution in [0, 0.1) is 0 Å². The largest absolute Gasteiger partial charge is 0.573 e. The Morgan fingerprint density at radius 3 is 2.48 bits per heavy atom. The Bertz CT molecular complexity index is 838. The zero-order valence-corrected chi connectivity index (χ0v) is 11.6. The topological polar surface area (TPSA) is 54.1 Å². The third kappa shape index (κ3) is 3.45. The molecule has 0 saturated carbocycles. The molecule has 0 atom stereocenters. The van der Waals surface area contributed by atoms with Gasteiger partial charge in [0.1, 0.15) is 5.75 Å². The molecule has 0 bridgehead atoms. The number of ether oxygens (including phenoxy) is 1. The van der Waals surface area contributed by atoms with Crippen LogP contribution in [0.1, 0.15) is 10.4 Å². The van der Waals surface area contributed by atoms with E-state index in [9.17, 15) is 18.0 Å². The lowest BCUT2D eigenvalue weighted by atomic mass is 10.1. The van der Waals surface area contributed by atoms with Crippen LogP contribution in [0.4, 0.5) is 18.9 Å². The summed E-state index contributed by atoms with van der Waals surface area (Å²) in [6.45, 7) is 0. The molecule has 0 fully saturated rings. The van der Waals surface area contributed by atoms with Gasteiger partial charge in [0.2, 0.25) is 0 Å². The lowest BCUT2D eigenvalue weighted by molar-refractivity contribution is -0.274. The molecule has 0 aliphatic carbocycles. The summed E-state index contributed by atoms with van der Waals surface area (Å²) in [6, 6.07) is 12.1. The van der Waals surface area contributed by atoms with Gasteiger partial charge in [0, 0.05) is 17.3 Å². The van der Waals surface area contributed by atoms with Crippen LogP contribution in [0.3, 0.4) is 0 Å². The lowest BCUT2D eigenvalue weighted by Gasteiger charge is -2.10. The van der Waals surface area contributed by atoms with Gasteiger partial charge in [0.05, 0.1) is 11.1 Å². The van der Waals surface area contributed by atoms with Crippen molar-refractivity contribution < 1.29 is 22.7 Å². The normalized spacial score (nSPS) is 11.4. The molecule has 1 aromatic heterocycles. The highest BCUT2D eigenvalue weighted by atomic mass is 19.4. The molecular weight excluding hydrogens is 309 g/mol. The van der Waals surface area contributed by atoms with E-state index in [0.29, 0.717) is 16.8 Å². The van der Waals surface area contributed by atoms with Crippen molar-refractivity contribution >= 4 is 22.5 Å². The summed E-state index contributed by atoms with van der Waals surface area (Å²) in [5.74, 6) is -0.704. The fourth-order valence-corrected chi connectivity index (χ4v) is 2.21. The smallest absolute Gasteiger partial charge is 0.406 e. The van der Waals surface area contributed by atoms with Gasteiger partial charge >= 0.3 is 6.36 Å². The number of fused-ring (bicyclic) bond motifs is 1. The fourth-order valence-electron chi connectivity index (χ4n) is 2.21. The number of carbonyl (C=O) groups excluding carboxylic acids is 1. The average molecular weight is 320 g/mol. The van der Waals surface area contributed by atoms with Crippen LogP contribution in [-0.4, -0.2) is 17.3 Å². The summed E-state index contributed by atoms with van der Waals surface area (Å²) in [5, 5.41) is 3.53. The number of aromatic nitrogens is 1. The zero-order chi connectivity index (χ0) is 16.4.